The largest absolute Gasteiger partial charge is 0.497 e. The number of rotatable bonds is 5. The number of piperidine rings is 1. The predicted molar refractivity (Wildman–Crippen MR) is 78.4 cm³/mol. The summed E-state index contributed by atoms with van der Waals surface area (Å²) in [4.78, 5) is 13.3. The highest BCUT2D eigenvalue weighted by atomic mass is 16.5. The second kappa shape index (κ2) is 6.61. The van der Waals surface area contributed by atoms with E-state index in [1.807, 2.05) is 18.2 Å². The van der Waals surface area contributed by atoms with Gasteiger partial charge in [-0.05, 0) is 43.0 Å². The number of nitrogens with two attached hydrogens (primary N) is 1. The van der Waals surface area contributed by atoms with Gasteiger partial charge in [-0.25, -0.2) is 0 Å². The maximum atomic E-state index is 11.0. The minimum absolute atomic E-state index is 0.318. The Morgan fingerprint density at radius 2 is 2.10 bits per heavy atom. The van der Waals surface area contributed by atoms with E-state index < -0.39 is 12.0 Å². The molecule has 1 aliphatic heterocycles. The topological polar surface area (TPSA) is 75.8 Å². The lowest BCUT2D eigenvalue weighted by Crippen LogP contribution is -2.34. The van der Waals surface area contributed by atoms with E-state index in [1.165, 1.54) is 19.3 Å². The van der Waals surface area contributed by atoms with Gasteiger partial charge in [0.1, 0.15) is 11.8 Å². The van der Waals surface area contributed by atoms with E-state index >= 15 is 0 Å². The van der Waals surface area contributed by atoms with Crippen LogP contribution in [0.15, 0.2) is 18.2 Å². The van der Waals surface area contributed by atoms with Crippen LogP contribution in [0.1, 0.15) is 24.8 Å². The van der Waals surface area contributed by atoms with E-state index in [1.54, 1.807) is 7.11 Å². The fourth-order valence-corrected chi connectivity index (χ4v) is 2.62. The smallest absolute Gasteiger partial charge is 0.320 e. The first-order chi connectivity index (χ1) is 9.61. The fraction of sp³-hybridized carbons (Fsp3) is 0.533. The summed E-state index contributed by atoms with van der Waals surface area (Å²) >= 11 is 0. The zero-order chi connectivity index (χ0) is 14.5. The Balaban J connectivity index is 2.26. The van der Waals surface area contributed by atoms with Gasteiger partial charge in [0.25, 0.3) is 0 Å². The summed E-state index contributed by atoms with van der Waals surface area (Å²) in [6, 6.07) is 4.94. The molecule has 1 unspecified atom stereocenters. The van der Waals surface area contributed by atoms with Gasteiger partial charge in [0.15, 0.2) is 0 Å². The zero-order valence-corrected chi connectivity index (χ0v) is 11.8. The second-order valence-electron chi connectivity index (χ2n) is 5.19. The van der Waals surface area contributed by atoms with Crippen LogP contribution in [-0.4, -0.2) is 37.3 Å². The molecule has 0 bridgehead atoms. The first kappa shape index (κ1) is 14.7. The Morgan fingerprint density at radius 3 is 2.70 bits per heavy atom. The number of hydrogen-bond donors (Lipinski definition) is 2. The predicted octanol–water partition coefficient (Wildman–Crippen LogP) is 1.64. The third kappa shape index (κ3) is 3.42. The number of carboxylic acids is 1. The van der Waals surface area contributed by atoms with Crippen molar-refractivity contribution >= 4 is 11.7 Å². The number of aliphatic carboxylic acids is 1. The molecule has 0 saturated carbocycles. The van der Waals surface area contributed by atoms with Crippen LogP contribution in [0.2, 0.25) is 0 Å². The number of nitrogens with zero attached hydrogens (tertiary/aromatic N) is 1. The Kier molecular flexibility index (Phi) is 4.84. The van der Waals surface area contributed by atoms with Gasteiger partial charge >= 0.3 is 5.97 Å². The molecule has 2 rings (SSSR count). The molecule has 0 aromatic heterocycles. The first-order valence-corrected chi connectivity index (χ1v) is 7.02. The molecule has 0 amide bonds. The summed E-state index contributed by atoms with van der Waals surface area (Å²) in [5, 5.41) is 9.00. The quantitative estimate of drug-likeness (QED) is 0.856. The van der Waals surface area contributed by atoms with Crippen LogP contribution in [0.5, 0.6) is 5.75 Å². The van der Waals surface area contributed by atoms with E-state index in [2.05, 4.69) is 4.90 Å². The molecule has 5 heteroatoms. The summed E-state index contributed by atoms with van der Waals surface area (Å²) in [7, 11) is 1.61. The van der Waals surface area contributed by atoms with E-state index in [-0.39, 0.29) is 0 Å². The normalized spacial score (nSPS) is 16.8. The van der Waals surface area contributed by atoms with Crippen LogP contribution in [0.4, 0.5) is 5.69 Å². The van der Waals surface area contributed by atoms with Crippen molar-refractivity contribution in [2.75, 3.05) is 25.1 Å². The maximum Gasteiger partial charge on any atom is 0.320 e. The third-order valence-electron chi connectivity index (χ3n) is 3.74. The fourth-order valence-electron chi connectivity index (χ4n) is 2.62. The lowest BCUT2D eigenvalue weighted by atomic mass is 10.0. The molecule has 1 saturated heterocycles. The minimum atomic E-state index is -0.975. The summed E-state index contributed by atoms with van der Waals surface area (Å²) < 4.78 is 5.23. The Bertz CT molecular complexity index is 470. The number of carbonyl (C=O) groups is 1. The Hall–Kier alpha value is -1.75. The molecule has 1 heterocycles. The van der Waals surface area contributed by atoms with Crippen LogP contribution >= 0.6 is 0 Å². The molecule has 110 valence electrons. The third-order valence-corrected chi connectivity index (χ3v) is 3.74. The number of hydrogen-bond acceptors (Lipinski definition) is 4. The van der Waals surface area contributed by atoms with Gasteiger partial charge < -0.3 is 20.5 Å². The van der Waals surface area contributed by atoms with Gasteiger partial charge in [0, 0.05) is 25.2 Å². The molecule has 5 nitrogen and oxygen atoms in total. The molecular formula is C15H22N2O3. The summed E-state index contributed by atoms with van der Waals surface area (Å²) in [6.45, 7) is 2.03. The highest BCUT2D eigenvalue weighted by Gasteiger charge is 2.19. The molecule has 1 aromatic rings. The van der Waals surface area contributed by atoms with E-state index in [9.17, 15) is 4.79 Å². The molecule has 1 fully saturated rings. The van der Waals surface area contributed by atoms with Crippen molar-refractivity contribution < 1.29 is 14.6 Å². The maximum absolute atomic E-state index is 11.0. The van der Waals surface area contributed by atoms with E-state index in [0.717, 1.165) is 30.1 Å². The van der Waals surface area contributed by atoms with Crippen LogP contribution in [0, 0.1) is 0 Å². The highest BCUT2D eigenvalue weighted by molar-refractivity contribution is 5.74. The number of methoxy groups -OCH3 is 1. The first-order valence-electron chi connectivity index (χ1n) is 7.02. The van der Waals surface area contributed by atoms with Crippen LogP contribution in [0.3, 0.4) is 0 Å². The molecule has 0 radical (unpaired) electrons. The lowest BCUT2D eigenvalue weighted by molar-refractivity contribution is -0.138. The van der Waals surface area contributed by atoms with Crippen molar-refractivity contribution in [2.24, 2.45) is 5.73 Å². The highest BCUT2D eigenvalue weighted by Crippen LogP contribution is 2.28. The molecule has 1 atom stereocenters. The van der Waals surface area contributed by atoms with Gasteiger partial charge in [-0.3, -0.25) is 4.79 Å². The average molecular weight is 278 g/mol. The Morgan fingerprint density at radius 1 is 1.40 bits per heavy atom. The molecule has 3 N–H and O–H groups in total. The van der Waals surface area contributed by atoms with Crippen molar-refractivity contribution in [1.82, 2.24) is 0 Å². The SMILES string of the molecule is COc1ccc(N2CCCCC2)c(CC(N)C(=O)O)c1. The average Bonchev–Trinajstić information content (AvgIpc) is 2.48. The Labute approximate surface area is 119 Å². The van der Waals surface area contributed by atoms with Crippen molar-refractivity contribution in [3.05, 3.63) is 23.8 Å². The van der Waals surface area contributed by atoms with Crippen LogP contribution in [0.25, 0.3) is 0 Å². The second-order valence-corrected chi connectivity index (χ2v) is 5.19. The van der Waals surface area contributed by atoms with Crippen molar-refractivity contribution in [3.8, 4) is 5.75 Å². The van der Waals surface area contributed by atoms with Gasteiger partial charge in [0.05, 0.1) is 7.11 Å². The van der Waals surface area contributed by atoms with Crippen molar-refractivity contribution in [1.29, 1.82) is 0 Å². The summed E-state index contributed by atoms with van der Waals surface area (Å²) in [5.74, 6) is -0.240. The summed E-state index contributed by atoms with van der Waals surface area (Å²) in [6.07, 6.45) is 3.93. The van der Waals surface area contributed by atoms with Gasteiger partial charge in [-0.1, -0.05) is 0 Å². The number of benzene rings is 1. The summed E-state index contributed by atoms with van der Waals surface area (Å²) in [5.41, 5.74) is 7.71. The zero-order valence-electron chi connectivity index (χ0n) is 11.8. The molecular weight excluding hydrogens is 256 g/mol. The standard InChI is InChI=1S/C15H22N2O3/c1-20-12-5-6-14(17-7-3-2-4-8-17)11(9-12)10-13(16)15(18)19/h5-6,9,13H,2-4,7-8,10,16H2,1H3,(H,18,19). The van der Waals surface area contributed by atoms with Crippen LogP contribution < -0.4 is 15.4 Å². The van der Waals surface area contributed by atoms with Gasteiger partial charge in [-0.2, -0.15) is 0 Å². The molecule has 0 aliphatic carbocycles. The van der Waals surface area contributed by atoms with Crippen LogP contribution in [-0.2, 0) is 11.2 Å². The van der Waals surface area contributed by atoms with Crippen molar-refractivity contribution in [2.45, 2.75) is 31.7 Å². The molecule has 1 aromatic carbocycles. The monoisotopic (exact) mass is 278 g/mol. The molecule has 0 spiro atoms. The molecule has 20 heavy (non-hydrogen) atoms. The van der Waals surface area contributed by atoms with Crippen molar-refractivity contribution in [3.63, 3.8) is 0 Å². The number of ether oxygens (including phenoxy) is 1. The number of anilines is 1. The minimum Gasteiger partial charge on any atom is -0.497 e. The van der Waals surface area contributed by atoms with Gasteiger partial charge in [-0.15, -0.1) is 0 Å². The molecule has 1 aliphatic rings. The van der Waals surface area contributed by atoms with Gasteiger partial charge in [0.2, 0.25) is 0 Å². The van der Waals surface area contributed by atoms with E-state index in [0.29, 0.717) is 6.42 Å². The van der Waals surface area contributed by atoms with E-state index in [4.69, 9.17) is 15.6 Å². The lowest BCUT2D eigenvalue weighted by Gasteiger charge is -2.31. The number of carboxylic acid groups (broad SMARTS) is 1.